The van der Waals surface area contributed by atoms with Crippen LogP contribution in [-0.2, 0) is 15.1 Å². The number of carbonyl (C=O) groups excluding carboxylic acids is 2. The molecule has 3 aromatic carbocycles. The summed E-state index contributed by atoms with van der Waals surface area (Å²) in [6, 6.07) is 8.76. The van der Waals surface area contributed by atoms with Gasteiger partial charge in [0.05, 0.1) is 12.8 Å². The fourth-order valence-corrected chi connectivity index (χ4v) is 4.74. The van der Waals surface area contributed by atoms with Gasteiger partial charge in [-0.05, 0) is 41.0 Å². The van der Waals surface area contributed by atoms with Crippen LogP contribution in [0, 0.1) is 11.6 Å². The molecule has 40 heavy (non-hydrogen) atoms. The summed E-state index contributed by atoms with van der Waals surface area (Å²) in [6.45, 7) is 0.604. The van der Waals surface area contributed by atoms with Crippen LogP contribution in [0.5, 0.6) is 11.5 Å². The zero-order chi connectivity index (χ0) is 29.6. The molecule has 4 rings (SSSR count). The lowest BCUT2D eigenvalue weighted by Gasteiger charge is -2.38. The average Bonchev–Trinajstić information content (AvgIpc) is 2.90. The zero-order valence-electron chi connectivity index (χ0n) is 21.1. The van der Waals surface area contributed by atoms with Gasteiger partial charge in [-0.15, -0.1) is 0 Å². The van der Waals surface area contributed by atoms with Crippen molar-refractivity contribution < 1.29 is 50.9 Å². The van der Waals surface area contributed by atoms with Crippen molar-refractivity contribution in [2.75, 3.05) is 25.7 Å². The number of methoxy groups -OCH3 is 1. The molecule has 0 fully saturated rings. The van der Waals surface area contributed by atoms with Crippen molar-refractivity contribution >= 4 is 29.4 Å². The molecule has 212 valence electrons. The van der Waals surface area contributed by atoms with E-state index < -0.39 is 59.3 Å². The number of carbonyl (C=O) groups is 2. The minimum Gasteiger partial charge on any atom is -0.481 e. The van der Waals surface area contributed by atoms with Gasteiger partial charge in [-0.2, -0.15) is 13.2 Å². The summed E-state index contributed by atoms with van der Waals surface area (Å²) in [5, 5.41) is 11.0. The Morgan fingerprint density at radius 3 is 2.33 bits per heavy atom. The minimum absolute atomic E-state index is 0.148. The van der Waals surface area contributed by atoms with Crippen LogP contribution in [0.25, 0.3) is 11.1 Å². The van der Waals surface area contributed by atoms with E-state index in [1.54, 1.807) is 0 Å². The highest BCUT2D eigenvalue weighted by molar-refractivity contribution is 6.31. The van der Waals surface area contributed by atoms with Crippen LogP contribution < -0.4 is 14.4 Å². The molecule has 2 unspecified atom stereocenters. The number of likely N-dealkylation sites (N-methyl/N-ethyl adjacent to an activating group) is 1. The lowest BCUT2D eigenvalue weighted by atomic mass is 9.77. The number of nitrogens with zero attached hydrogens (tertiary/aromatic N) is 1. The fraction of sp³-hybridized carbons (Fsp3) is 0.259. The van der Waals surface area contributed by atoms with Crippen LogP contribution in [0.4, 0.5) is 32.4 Å². The topological polar surface area (TPSA) is 85.3 Å². The quantitative estimate of drug-likeness (QED) is 0.214. The summed E-state index contributed by atoms with van der Waals surface area (Å²) < 4.78 is 87.2. The normalized spacial score (nSPS) is 15.6. The van der Waals surface area contributed by atoms with E-state index in [2.05, 4.69) is 9.47 Å². The van der Waals surface area contributed by atoms with Gasteiger partial charge in [0.25, 0.3) is 5.91 Å². The van der Waals surface area contributed by atoms with Crippen LogP contribution in [0.3, 0.4) is 0 Å². The second-order valence-electron chi connectivity index (χ2n) is 8.96. The summed E-state index contributed by atoms with van der Waals surface area (Å²) in [7, 11) is 2.33. The monoisotopic (exact) mass is 585 g/mol. The van der Waals surface area contributed by atoms with E-state index in [1.165, 1.54) is 31.3 Å². The van der Waals surface area contributed by atoms with Gasteiger partial charge in [-0.25, -0.2) is 13.6 Å². The molecule has 1 heterocycles. The third-order valence-electron chi connectivity index (χ3n) is 6.70. The van der Waals surface area contributed by atoms with Crippen LogP contribution in [0.2, 0.25) is 5.02 Å². The standard InChI is InChI=1S/C27H21ClF5NO6/c1-13(16-6-4-14(8-18(16)28)15-5-7-22(20(30)9-15)40-25(36)38-3)26(37,27(31,32)33)17-10-21-23(11-19(17)29)39-12-24(35)34(21)2/h4-11,13,37H,12H2,1-3H3. The lowest BCUT2D eigenvalue weighted by Crippen LogP contribution is -2.47. The van der Waals surface area contributed by atoms with Gasteiger partial charge in [0.1, 0.15) is 11.6 Å². The summed E-state index contributed by atoms with van der Waals surface area (Å²) >= 11 is 6.35. The minimum atomic E-state index is -5.39. The molecule has 0 aliphatic carbocycles. The number of amides is 1. The number of hydrogen-bond donors (Lipinski definition) is 1. The molecule has 0 spiro atoms. The first-order valence-corrected chi connectivity index (χ1v) is 11.9. The smallest absolute Gasteiger partial charge is 0.481 e. The second-order valence-corrected chi connectivity index (χ2v) is 9.37. The van der Waals surface area contributed by atoms with Gasteiger partial charge < -0.3 is 24.2 Å². The number of benzene rings is 3. The molecule has 0 bridgehead atoms. The van der Waals surface area contributed by atoms with E-state index in [4.69, 9.17) is 16.3 Å². The first kappa shape index (κ1) is 29.1. The molecule has 7 nitrogen and oxygen atoms in total. The molecule has 0 saturated carbocycles. The zero-order valence-corrected chi connectivity index (χ0v) is 21.9. The Labute approximate surface area is 229 Å². The van der Waals surface area contributed by atoms with Crippen LogP contribution in [0.15, 0.2) is 48.5 Å². The van der Waals surface area contributed by atoms with Gasteiger partial charge in [0.15, 0.2) is 23.8 Å². The van der Waals surface area contributed by atoms with Gasteiger partial charge in [0, 0.05) is 29.6 Å². The molecular weight excluding hydrogens is 565 g/mol. The SMILES string of the molecule is COC(=O)Oc1ccc(-c2ccc(C(C)C(O)(c3cc4c(cc3F)OCC(=O)N4C)C(F)(F)F)c(Cl)c2)cc1F. The Kier molecular flexibility index (Phi) is 7.70. The fourth-order valence-electron chi connectivity index (χ4n) is 4.39. The molecule has 1 amide bonds. The number of aliphatic hydroxyl groups is 1. The third-order valence-corrected chi connectivity index (χ3v) is 7.02. The lowest BCUT2D eigenvalue weighted by molar-refractivity contribution is -0.275. The molecule has 0 aromatic heterocycles. The molecule has 3 aromatic rings. The van der Waals surface area contributed by atoms with Crippen LogP contribution in [0.1, 0.15) is 24.0 Å². The second kappa shape index (κ2) is 10.6. The van der Waals surface area contributed by atoms with E-state index in [1.807, 2.05) is 0 Å². The van der Waals surface area contributed by atoms with Gasteiger partial charge in [-0.3, -0.25) is 4.79 Å². The number of ether oxygens (including phenoxy) is 3. The number of anilines is 1. The molecule has 0 radical (unpaired) electrons. The number of hydrogen-bond acceptors (Lipinski definition) is 6. The first-order chi connectivity index (χ1) is 18.7. The van der Waals surface area contributed by atoms with E-state index in [0.29, 0.717) is 6.07 Å². The predicted molar refractivity (Wildman–Crippen MR) is 134 cm³/mol. The van der Waals surface area contributed by atoms with E-state index in [-0.39, 0.29) is 33.1 Å². The first-order valence-electron chi connectivity index (χ1n) is 11.6. The van der Waals surface area contributed by atoms with Crippen molar-refractivity contribution in [3.05, 3.63) is 76.3 Å². The molecule has 2 atom stereocenters. The Morgan fingerprint density at radius 1 is 1.07 bits per heavy atom. The van der Waals surface area contributed by atoms with Crippen molar-refractivity contribution in [1.29, 1.82) is 0 Å². The summed E-state index contributed by atoms with van der Waals surface area (Å²) in [4.78, 5) is 24.2. The Balaban J connectivity index is 1.75. The van der Waals surface area contributed by atoms with Gasteiger partial charge in [0.2, 0.25) is 0 Å². The highest BCUT2D eigenvalue weighted by Crippen LogP contribution is 2.52. The highest BCUT2D eigenvalue weighted by atomic mass is 35.5. The van der Waals surface area contributed by atoms with Crippen molar-refractivity contribution in [3.8, 4) is 22.6 Å². The molecular formula is C27H21ClF5NO6. The van der Waals surface area contributed by atoms with E-state index >= 15 is 4.39 Å². The summed E-state index contributed by atoms with van der Waals surface area (Å²) in [5.41, 5.74) is -4.70. The van der Waals surface area contributed by atoms with Crippen molar-refractivity contribution in [2.24, 2.45) is 0 Å². The van der Waals surface area contributed by atoms with Gasteiger partial charge in [-0.1, -0.05) is 36.7 Å². The number of fused-ring (bicyclic) bond motifs is 1. The molecule has 1 aliphatic heterocycles. The number of halogens is 6. The molecule has 1 aliphatic rings. The van der Waals surface area contributed by atoms with Crippen LogP contribution >= 0.6 is 11.6 Å². The summed E-state index contributed by atoms with van der Waals surface area (Å²) in [5.74, 6) is -5.30. The number of alkyl halides is 3. The van der Waals surface area contributed by atoms with Crippen molar-refractivity contribution in [1.82, 2.24) is 0 Å². The third kappa shape index (κ3) is 5.04. The van der Waals surface area contributed by atoms with E-state index in [0.717, 1.165) is 37.1 Å². The van der Waals surface area contributed by atoms with Crippen molar-refractivity contribution in [3.63, 3.8) is 0 Å². The van der Waals surface area contributed by atoms with Crippen LogP contribution in [-0.4, -0.2) is 44.1 Å². The highest BCUT2D eigenvalue weighted by Gasteiger charge is 2.60. The average molecular weight is 586 g/mol. The number of rotatable bonds is 5. The Bertz CT molecular complexity index is 1500. The largest absolute Gasteiger partial charge is 0.513 e. The molecule has 1 N–H and O–H groups in total. The summed E-state index contributed by atoms with van der Waals surface area (Å²) in [6.07, 6.45) is -6.52. The molecule has 0 saturated heterocycles. The van der Waals surface area contributed by atoms with E-state index in [9.17, 15) is 32.3 Å². The maximum absolute atomic E-state index is 15.1. The maximum atomic E-state index is 15.1. The molecule has 13 heteroatoms. The Hall–Kier alpha value is -3.90. The Morgan fingerprint density at radius 2 is 1.73 bits per heavy atom. The predicted octanol–water partition coefficient (Wildman–Crippen LogP) is 6.34. The van der Waals surface area contributed by atoms with Gasteiger partial charge >= 0.3 is 12.3 Å². The van der Waals surface area contributed by atoms with Crippen molar-refractivity contribution in [2.45, 2.75) is 24.6 Å². The maximum Gasteiger partial charge on any atom is 0.513 e.